The minimum Gasteiger partial charge on any atom is -0.478 e. The van der Waals surface area contributed by atoms with Crippen LogP contribution in [-0.2, 0) is 13.0 Å². The molecule has 0 radical (unpaired) electrons. The smallest absolute Gasteiger partial charge is 0.338 e. The molecule has 0 aliphatic rings. The third-order valence-electron chi connectivity index (χ3n) is 2.47. The van der Waals surface area contributed by atoms with Gasteiger partial charge in [-0.15, -0.1) is 11.3 Å². The topological polar surface area (TPSA) is 104 Å². The van der Waals surface area contributed by atoms with E-state index in [1.165, 1.54) is 6.07 Å². The zero-order valence-corrected chi connectivity index (χ0v) is 11.5. The second-order valence-corrected chi connectivity index (χ2v) is 4.77. The average Bonchev–Trinajstić information content (AvgIpc) is 3.04. The molecule has 0 aliphatic carbocycles. The number of nitrogens with one attached hydrogen (secondary N) is 2. The van der Waals surface area contributed by atoms with Crippen molar-refractivity contribution in [2.45, 2.75) is 19.9 Å². The molecule has 7 nitrogen and oxygen atoms in total. The number of anilines is 1. The van der Waals surface area contributed by atoms with Crippen molar-refractivity contribution in [2.75, 3.05) is 5.32 Å². The first-order chi connectivity index (χ1) is 9.60. The summed E-state index contributed by atoms with van der Waals surface area (Å²) in [6, 6.07) is 0.927. The lowest BCUT2D eigenvalue weighted by Crippen LogP contribution is -2.28. The summed E-state index contributed by atoms with van der Waals surface area (Å²) >= 11 is 1.14. The molecule has 20 heavy (non-hydrogen) atoms. The average molecular weight is 295 g/mol. The van der Waals surface area contributed by atoms with E-state index in [2.05, 4.69) is 15.6 Å². The SMILES string of the molecule is CCc1cnc(CNC(=O)Nc2sccc2C(=O)O)o1. The molecule has 0 spiro atoms. The lowest BCUT2D eigenvalue weighted by Gasteiger charge is -2.05. The zero-order chi connectivity index (χ0) is 14.5. The number of hydrogen-bond donors (Lipinski definition) is 3. The van der Waals surface area contributed by atoms with E-state index in [1.807, 2.05) is 6.92 Å². The summed E-state index contributed by atoms with van der Waals surface area (Å²) < 4.78 is 5.34. The molecule has 8 heteroatoms. The van der Waals surface area contributed by atoms with Gasteiger partial charge in [-0.3, -0.25) is 5.32 Å². The minimum absolute atomic E-state index is 0.0644. The number of rotatable bonds is 5. The third-order valence-corrected chi connectivity index (χ3v) is 3.30. The van der Waals surface area contributed by atoms with Crippen LogP contribution in [-0.4, -0.2) is 22.1 Å². The number of hydrogen-bond acceptors (Lipinski definition) is 5. The van der Waals surface area contributed by atoms with Gasteiger partial charge in [0.2, 0.25) is 5.89 Å². The molecule has 0 saturated heterocycles. The van der Waals surface area contributed by atoms with Gasteiger partial charge in [0.1, 0.15) is 10.8 Å². The molecule has 0 aliphatic heterocycles. The van der Waals surface area contributed by atoms with Gasteiger partial charge in [-0.25, -0.2) is 14.6 Å². The van der Waals surface area contributed by atoms with Crippen molar-refractivity contribution in [3.05, 3.63) is 34.9 Å². The van der Waals surface area contributed by atoms with Gasteiger partial charge in [-0.1, -0.05) is 6.92 Å². The highest BCUT2D eigenvalue weighted by Crippen LogP contribution is 2.22. The third kappa shape index (κ3) is 3.35. The fourth-order valence-corrected chi connectivity index (χ4v) is 2.25. The zero-order valence-electron chi connectivity index (χ0n) is 10.7. The Hall–Kier alpha value is -2.35. The number of carbonyl (C=O) groups excluding carboxylic acids is 1. The van der Waals surface area contributed by atoms with Crippen molar-refractivity contribution >= 4 is 28.3 Å². The predicted octanol–water partition coefficient (Wildman–Crippen LogP) is 2.32. The van der Waals surface area contributed by atoms with Crippen LogP contribution in [0, 0.1) is 0 Å². The Bertz CT molecular complexity index is 620. The van der Waals surface area contributed by atoms with E-state index in [-0.39, 0.29) is 17.1 Å². The van der Waals surface area contributed by atoms with Crippen molar-refractivity contribution in [3.63, 3.8) is 0 Å². The van der Waals surface area contributed by atoms with Crippen molar-refractivity contribution in [2.24, 2.45) is 0 Å². The Balaban J connectivity index is 1.89. The monoisotopic (exact) mass is 295 g/mol. The maximum atomic E-state index is 11.7. The molecule has 2 amide bonds. The van der Waals surface area contributed by atoms with Crippen molar-refractivity contribution < 1.29 is 19.1 Å². The van der Waals surface area contributed by atoms with E-state index in [4.69, 9.17) is 9.52 Å². The Morgan fingerprint density at radius 1 is 1.50 bits per heavy atom. The van der Waals surface area contributed by atoms with Crippen LogP contribution in [0.5, 0.6) is 0 Å². The first-order valence-corrected chi connectivity index (χ1v) is 6.77. The molecule has 0 aromatic carbocycles. The van der Waals surface area contributed by atoms with Crippen molar-refractivity contribution in [3.8, 4) is 0 Å². The van der Waals surface area contributed by atoms with E-state index < -0.39 is 12.0 Å². The predicted molar refractivity (Wildman–Crippen MR) is 73.0 cm³/mol. The Morgan fingerprint density at radius 2 is 2.30 bits per heavy atom. The summed E-state index contributed by atoms with van der Waals surface area (Å²) in [6.07, 6.45) is 2.34. The van der Waals surface area contributed by atoms with Gasteiger partial charge in [0.15, 0.2) is 0 Å². The molecule has 106 valence electrons. The number of carbonyl (C=O) groups is 2. The van der Waals surface area contributed by atoms with Gasteiger partial charge in [-0.2, -0.15) is 0 Å². The molecule has 0 saturated carbocycles. The molecule has 0 atom stereocenters. The second-order valence-electron chi connectivity index (χ2n) is 3.85. The van der Waals surface area contributed by atoms with E-state index in [1.54, 1.807) is 11.6 Å². The minimum atomic E-state index is -1.08. The van der Waals surface area contributed by atoms with Gasteiger partial charge in [-0.05, 0) is 11.4 Å². The van der Waals surface area contributed by atoms with Crippen LogP contribution in [0.3, 0.4) is 0 Å². The van der Waals surface area contributed by atoms with Gasteiger partial charge in [0.05, 0.1) is 18.3 Å². The number of aromatic nitrogens is 1. The summed E-state index contributed by atoms with van der Waals surface area (Å²) in [6.45, 7) is 2.08. The Kier molecular flexibility index (Phi) is 4.36. The lowest BCUT2D eigenvalue weighted by atomic mass is 10.3. The van der Waals surface area contributed by atoms with Crippen molar-refractivity contribution in [1.29, 1.82) is 0 Å². The number of urea groups is 1. The van der Waals surface area contributed by atoms with E-state index in [9.17, 15) is 9.59 Å². The first-order valence-electron chi connectivity index (χ1n) is 5.89. The number of amides is 2. The van der Waals surface area contributed by atoms with Crippen LogP contribution in [0.25, 0.3) is 0 Å². The molecule has 2 rings (SSSR count). The molecule has 0 bridgehead atoms. The standard InChI is InChI=1S/C12H13N3O4S/c1-2-7-5-13-9(19-7)6-14-12(18)15-10-8(11(16)17)3-4-20-10/h3-5H,2,6H2,1H3,(H,16,17)(H2,14,15,18). The highest BCUT2D eigenvalue weighted by atomic mass is 32.1. The molecule has 2 aromatic rings. The van der Waals surface area contributed by atoms with Crippen LogP contribution in [0.4, 0.5) is 9.80 Å². The van der Waals surface area contributed by atoms with Gasteiger partial charge in [0.25, 0.3) is 0 Å². The maximum absolute atomic E-state index is 11.7. The summed E-state index contributed by atoms with van der Waals surface area (Å²) in [5.74, 6) is 0.0668. The number of thiophene rings is 1. The van der Waals surface area contributed by atoms with E-state index in [0.717, 1.165) is 23.5 Å². The summed E-state index contributed by atoms with van der Waals surface area (Å²) in [4.78, 5) is 26.5. The van der Waals surface area contributed by atoms with Crippen LogP contribution in [0.15, 0.2) is 22.1 Å². The quantitative estimate of drug-likeness (QED) is 0.785. The Morgan fingerprint density at radius 3 is 2.95 bits per heavy atom. The number of carboxylic acid groups (broad SMARTS) is 1. The maximum Gasteiger partial charge on any atom is 0.338 e. The molecule has 3 N–H and O–H groups in total. The lowest BCUT2D eigenvalue weighted by molar-refractivity contribution is 0.0698. The van der Waals surface area contributed by atoms with Crippen LogP contribution < -0.4 is 10.6 Å². The van der Waals surface area contributed by atoms with E-state index >= 15 is 0 Å². The summed E-state index contributed by atoms with van der Waals surface area (Å²) in [5, 5.41) is 15.8. The largest absolute Gasteiger partial charge is 0.478 e. The van der Waals surface area contributed by atoms with Crippen molar-refractivity contribution in [1.82, 2.24) is 10.3 Å². The first kappa shape index (κ1) is 14.1. The number of nitrogens with zero attached hydrogens (tertiary/aromatic N) is 1. The highest BCUT2D eigenvalue weighted by Gasteiger charge is 2.14. The molecular formula is C12H13N3O4S. The molecular weight excluding hydrogens is 282 g/mol. The number of aromatic carboxylic acids is 1. The van der Waals surface area contributed by atoms with E-state index in [0.29, 0.717) is 5.89 Å². The molecule has 0 unspecified atom stereocenters. The normalized spacial score (nSPS) is 10.2. The van der Waals surface area contributed by atoms with Crippen LogP contribution in [0.1, 0.15) is 28.9 Å². The second kappa shape index (κ2) is 6.20. The highest BCUT2D eigenvalue weighted by molar-refractivity contribution is 7.14. The molecule has 2 aromatic heterocycles. The summed E-state index contributed by atoms with van der Waals surface area (Å²) in [5.41, 5.74) is 0.0644. The number of oxazole rings is 1. The molecule has 0 fully saturated rings. The fraction of sp³-hybridized carbons (Fsp3) is 0.250. The molecule has 2 heterocycles. The number of aryl methyl sites for hydroxylation is 1. The van der Waals surface area contributed by atoms with Crippen LogP contribution in [0.2, 0.25) is 0 Å². The van der Waals surface area contributed by atoms with Gasteiger partial charge in [0, 0.05) is 6.42 Å². The Labute approximate surface area is 118 Å². The van der Waals surface area contributed by atoms with Gasteiger partial charge >= 0.3 is 12.0 Å². The number of carboxylic acids is 1. The van der Waals surface area contributed by atoms with Crippen LogP contribution >= 0.6 is 11.3 Å². The van der Waals surface area contributed by atoms with Gasteiger partial charge < -0.3 is 14.8 Å². The summed E-state index contributed by atoms with van der Waals surface area (Å²) in [7, 11) is 0. The fourth-order valence-electron chi connectivity index (χ4n) is 1.47.